The van der Waals surface area contributed by atoms with Crippen LogP contribution in [0.3, 0.4) is 0 Å². The number of halogens is 1. The quantitative estimate of drug-likeness (QED) is 0.299. The molecule has 4 rings (SSSR count). The number of nitrogens with two attached hydrogens (primary N) is 1. The molecule has 0 fully saturated rings. The summed E-state index contributed by atoms with van der Waals surface area (Å²) in [5, 5.41) is 0.482. The fourth-order valence-corrected chi connectivity index (χ4v) is 4.57. The molecule has 0 atom stereocenters. The number of rotatable bonds is 7. The molecule has 0 heterocycles. The Morgan fingerprint density at radius 1 is 0.875 bits per heavy atom. The number of benzene rings is 4. The van der Waals surface area contributed by atoms with Gasteiger partial charge in [0.25, 0.3) is 5.91 Å². The molecule has 0 aliphatic rings. The van der Waals surface area contributed by atoms with Crippen LogP contribution >= 0.6 is 23.5 Å². The molecular weight excluding hydrogens is 436 g/mol. The Kier molecular flexibility index (Phi) is 6.84. The Bertz CT molecular complexity index is 1210. The highest BCUT2D eigenvalue weighted by molar-refractivity contribution is 8.00. The van der Waals surface area contributed by atoms with Crippen molar-refractivity contribution in [3.63, 3.8) is 0 Å². The van der Waals surface area contributed by atoms with E-state index in [2.05, 4.69) is 71.9 Å². The van der Waals surface area contributed by atoms with E-state index in [-0.39, 0.29) is 0 Å². The summed E-state index contributed by atoms with van der Waals surface area (Å²) in [6, 6.07) is 32.3. The van der Waals surface area contributed by atoms with Gasteiger partial charge in [-0.3, -0.25) is 4.79 Å². The number of amides is 1. The van der Waals surface area contributed by atoms with Crippen molar-refractivity contribution in [2.24, 2.45) is 5.73 Å². The van der Waals surface area contributed by atoms with Crippen molar-refractivity contribution in [2.45, 2.75) is 18.4 Å². The Balaban J connectivity index is 1.66. The van der Waals surface area contributed by atoms with Gasteiger partial charge >= 0.3 is 0 Å². The summed E-state index contributed by atoms with van der Waals surface area (Å²) in [7, 11) is 0. The van der Waals surface area contributed by atoms with Gasteiger partial charge in [-0.15, -0.1) is 0 Å². The van der Waals surface area contributed by atoms with Gasteiger partial charge in [0.1, 0.15) is 0 Å². The fourth-order valence-electron chi connectivity index (χ4n) is 3.42. The summed E-state index contributed by atoms with van der Waals surface area (Å²) in [4.78, 5) is 13.2. The summed E-state index contributed by atoms with van der Waals surface area (Å²) in [6.45, 7) is 2.67. The number of carbonyl (C=O) groups excluding carboxylic acids is 1. The highest BCUT2D eigenvalue weighted by Crippen LogP contribution is 2.35. The maximum atomic E-state index is 12.2. The lowest BCUT2D eigenvalue weighted by molar-refractivity contribution is 0.100. The standard InChI is InChI=1S/C27H23ClN2OS/c1-19-7-9-20(10-8-19)18-30(26-16-13-23(28)17-25(26)27(29)31)32-24-14-11-22(12-15-24)21-5-3-2-4-6-21/h2-17H,18H2,1H3,(H2,29,31). The van der Waals surface area contributed by atoms with Crippen LogP contribution in [0.1, 0.15) is 21.5 Å². The molecule has 32 heavy (non-hydrogen) atoms. The van der Waals surface area contributed by atoms with E-state index in [0.29, 0.717) is 17.1 Å². The van der Waals surface area contributed by atoms with Gasteiger partial charge < -0.3 is 10.0 Å². The Hall–Kier alpha value is -3.21. The van der Waals surface area contributed by atoms with Gasteiger partial charge in [-0.1, -0.05) is 83.9 Å². The summed E-state index contributed by atoms with van der Waals surface area (Å²) >= 11 is 7.71. The minimum absolute atomic E-state index is 0.401. The van der Waals surface area contributed by atoms with E-state index in [9.17, 15) is 4.79 Å². The molecule has 4 aromatic carbocycles. The smallest absolute Gasteiger partial charge is 0.250 e. The molecule has 0 saturated heterocycles. The van der Waals surface area contributed by atoms with Crippen LogP contribution in [0.2, 0.25) is 5.02 Å². The second-order valence-electron chi connectivity index (χ2n) is 7.53. The van der Waals surface area contributed by atoms with Crippen molar-refractivity contribution in [2.75, 3.05) is 4.31 Å². The molecule has 0 aliphatic heterocycles. The molecule has 0 aromatic heterocycles. The number of hydrogen-bond acceptors (Lipinski definition) is 3. The molecule has 0 spiro atoms. The van der Waals surface area contributed by atoms with Crippen molar-refractivity contribution in [1.82, 2.24) is 0 Å². The van der Waals surface area contributed by atoms with Crippen LogP contribution in [-0.2, 0) is 6.54 Å². The van der Waals surface area contributed by atoms with Crippen molar-refractivity contribution >= 4 is 35.1 Å². The van der Waals surface area contributed by atoms with E-state index in [1.165, 1.54) is 11.1 Å². The summed E-state index contributed by atoms with van der Waals surface area (Å²) in [5.41, 5.74) is 11.5. The summed E-state index contributed by atoms with van der Waals surface area (Å²) in [5.74, 6) is -0.503. The number of hydrogen-bond donors (Lipinski definition) is 1. The van der Waals surface area contributed by atoms with Crippen LogP contribution in [-0.4, -0.2) is 5.91 Å². The number of anilines is 1. The molecule has 0 radical (unpaired) electrons. The maximum Gasteiger partial charge on any atom is 0.250 e. The Morgan fingerprint density at radius 3 is 2.19 bits per heavy atom. The summed E-state index contributed by atoms with van der Waals surface area (Å²) < 4.78 is 2.08. The topological polar surface area (TPSA) is 46.3 Å². The first-order valence-electron chi connectivity index (χ1n) is 10.3. The molecule has 0 bridgehead atoms. The van der Waals surface area contributed by atoms with E-state index in [1.54, 1.807) is 24.1 Å². The van der Waals surface area contributed by atoms with Crippen LogP contribution in [0.15, 0.2) is 102 Å². The highest BCUT2D eigenvalue weighted by atomic mass is 35.5. The second-order valence-corrected chi connectivity index (χ2v) is 9.06. The number of primary amides is 1. The van der Waals surface area contributed by atoms with Crippen molar-refractivity contribution < 1.29 is 4.79 Å². The van der Waals surface area contributed by atoms with Crippen molar-refractivity contribution in [3.05, 3.63) is 119 Å². The van der Waals surface area contributed by atoms with E-state index < -0.39 is 5.91 Å². The predicted molar refractivity (Wildman–Crippen MR) is 135 cm³/mol. The highest BCUT2D eigenvalue weighted by Gasteiger charge is 2.18. The molecule has 2 N–H and O–H groups in total. The lowest BCUT2D eigenvalue weighted by Crippen LogP contribution is -2.20. The van der Waals surface area contributed by atoms with E-state index in [1.807, 2.05) is 24.3 Å². The molecule has 0 aliphatic carbocycles. The first-order chi connectivity index (χ1) is 15.5. The minimum atomic E-state index is -0.503. The molecule has 4 aromatic rings. The molecule has 5 heteroatoms. The third-order valence-electron chi connectivity index (χ3n) is 5.12. The first-order valence-corrected chi connectivity index (χ1v) is 11.4. The Labute approximate surface area is 198 Å². The maximum absolute atomic E-state index is 12.2. The van der Waals surface area contributed by atoms with Crippen LogP contribution < -0.4 is 10.0 Å². The van der Waals surface area contributed by atoms with Crippen LogP contribution in [0.25, 0.3) is 11.1 Å². The van der Waals surface area contributed by atoms with Gasteiger partial charge in [0.05, 0.1) is 17.8 Å². The number of nitrogens with zero attached hydrogens (tertiary/aromatic N) is 1. The van der Waals surface area contributed by atoms with E-state index >= 15 is 0 Å². The molecule has 160 valence electrons. The van der Waals surface area contributed by atoms with Gasteiger partial charge in [0, 0.05) is 9.92 Å². The monoisotopic (exact) mass is 458 g/mol. The fraction of sp³-hybridized carbons (Fsp3) is 0.0741. The van der Waals surface area contributed by atoms with Crippen LogP contribution in [0, 0.1) is 6.92 Å². The lowest BCUT2D eigenvalue weighted by Gasteiger charge is -2.25. The zero-order chi connectivity index (χ0) is 22.5. The van der Waals surface area contributed by atoms with Crippen molar-refractivity contribution in [3.8, 4) is 11.1 Å². The second kappa shape index (κ2) is 9.94. The third kappa shape index (κ3) is 5.34. The molecule has 1 amide bonds. The third-order valence-corrected chi connectivity index (χ3v) is 6.38. The molecule has 0 saturated carbocycles. The Morgan fingerprint density at radius 2 is 1.53 bits per heavy atom. The predicted octanol–water partition coefficient (Wildman–Crippen LogP) is 7.13. The average molecular weight is 459 g/mol. The van der Waals surface area contributed by atoms with Crippen LogP contribution in [0.4, 0.5) is 5.69 Å². The largest absolute Gasteiger partial charge is 0.366 e. The zero-order valence-corrected chi connectivity index (χ0v) is 19.2. The van der Waals surface area contributed by atoms with Gasteiger partial charge in [-0.2, -0.15) is 0 Å². The van der Waals surface area contributed by atoms with Gasteiger partial charge in [-0.25, -0.2) is 0 Å². The molecular formula is C27H23ClN2OS. The number of carbonyl (C=O) groups is 1. The average Bonchev–Trinajstić information content (AvgIpc) is 2.81. The zero-order valence-electron chi connectivity index (χ0n) is 17.7. The van der Waals surface area contributed by atoms with Gasteiger partial charge in [0.15, 0.2) is 0 Å². The SMILES string of the molecule is Cc1ccc(CN(Sc2ccc(-c3ccccc3)cc2)c2ccc(Cl)cc2C(N)=O)cc1. The van der Waals surface area contributed by atoms with Crippen LogP contribution in [0.5, 0.6) is 0 Å². The summed E-state index contributed by atoms with van der Waals surface area (Å²) in [6.07, 6.45) is 0. The first kappa shape index (κ1) is 22.0. The van der Waals surface area contributed by atoms with E-state index in [4.69, 9.17) is 17.3 Å². The lowest BCUT2D eigenvalue weighted by atomic mass is 10.1. The number of aryl methyl sites for hydroxylation is 1. The normalized spacial score (nSPS) is 10.7. The van der Waals surface area contributed by atoms with Crippen molar-refractivity contribution in [1.29, 1.82) is 0 Å². The minimum Gasteiger partial charge on any atom is -0.366 e. The molecule has 0 unspecified atom stereocenters. The van der Waals surface area contributed by atoms with Gasteiger partial charge in [0.2, 0.25) is 0 Å². The molecule has 3 nitrogen and oxygen atoms in total. The van der Waals surface area contributed by atoms with E-state index in [0.717, 1.165) is 21.7 Å². The van der Waals surface area contributed by atoms with Gasteiger partial charge in [-0.05, 0) is 65.9 Å².